The molecule has 3 N–H and O–H groups in total. The van der Waals surface area contributed by atoms with Crippen LogP contribution in [0.15, 0.2) is 24.3 Å². The van der Waals surface area contributed by atoms with E-state index in [0.29, 0.717) is 30.9 Å². The molecule has 0 radical (unpaired) electrons. The zero-order valence-electron chi connectivity index (χ0n) is 14.2. The lowest BCUT2D eigenvalue weighted by Gasteiger charge is -2.37. The molecule has 1 saturated carbocycles. The van der Waals surface area contributed by atoms with Gasteiger partial charge in [0.1, 0.15) is 0 Å². The lowest BCUT2D eigenvalue weighted by Crippen LogP contribution is -2.41. The quantitative estimate of drug-likeness (QED) is 0.752. The second-order valence-electron chi connectivity index (χ2n) is 7.20. The molecule has 1 amide bonds. The maximum Gasteiger partial charge on any atom is 0.307 e. The van der Waals surface area contributed by atoms with Crippen molar-refractivity contribution < 1.29 is 24.5 Å². The van der Waals surface area contributed by atoms with Crippen LogP contribution in [0.2, 0.25) is 0 Å². The zero-order chi connectivity index (χ0) is 17.9. The number of carbonyl (C=O) groups is 2. The summed E-state index contributed by atoms with van der Waals surface area (Å²) in [6, 6.07) is 6.59. The first-order valence-electron chi connectivity index (χ1n) is 8.85. The van der Waals surface area contributed by atoms with Crippen LogP contribution in [0, 0.1) is 11.3 Å². The molecule has 25 heavy (non-hydrogen) atoms. The number of aliphatic hydroxyl groups is 1. The third kappa shape index (κ3) is 4.02. The summed E-state index contributed by atoms with van der Waals surface area (Å²) < 4.78 is 5.41. The smallest absolute Gasteiger partial charge is 0.307 e. The third-order valence-electron chi connectivity index (χ3n) is 5.67. The first-order valence-corrected chi connectivity index (χ1v) is 8.85. The number of ether oxygens (including phenoxy) is 1. The highest BCUT2D eigenvalue weighted by atomic mass is 16.5. The highest BCUT2D eigenvalue weighted by molar-refractivity contribution is 5.94. The number of amides is 1. The van der Waals surface area contributed by atoms with Crippen LogP contribution in [0.1, 0.15) is 41.6 Å². The largest absolute Gasteiger partial charge is 0.481 e. The van der Waals surface area contributed by atoms with E-state index in [1.807, 2.05) is 0 Å². The van der Waals surface area contributed by atoms with Gasteiger partial charge in [0.25, 0.3) is 5.91 Å². The highest BCUT2D eigenvalue weighted by Gasteiger charge is 2.48. The molecular formula is C19H25NO5. The summed E-state index contributed by atoms with van der Waals surface area (Å²) in [4.78, 5) is 23.0. The molecule has 2 fully saturated rings. The zero-order valence-corrected chi connectivity index (χ0v) is 14.2. The minimum absolute atomic E-state index is 0.0356. The van der Waals surface area contributed by atoms with Gasteiger partial charge in [-0.1, -0.05) is 12.1 Å². The average molecular weight is 347 g/mol. The Labute approximate surface area is 147 Å². The number of carbonyl (C=O) groups excluding carboxylic acids is 1. The van der Waals surface area contributed by atoms with Crippen molar-refractivity contribution in [2.45, 2.75) is 38.2 Å². The molecule has 2 aliphatic rings. The predicted octanol–water partition coefficient (Wildman–Crippen LogP) is 1.61. The molecule has 1 aliphatic carbocycles. The van der Waals surface area contributed by atoms with E-state index in [9.17, 15) is 14.7 Å². The van der Waals surface area contributed by atoms with Gasteiger partial charge in [-0.2, -0.15) is 0 Å². The van der Waals surface area contributed by atoms with Gasteiger partial charge in [-0.15, -0.1) is 0 Å². The van der Waals surface area contributed by atoms with Crippen LogP contribution >= 0.6 is 0 Å². The van der Waals surface area contributed by atoms with Gasteiger partial charge in [0.2, 0.25) is 0 Å². The molecule has 1 heterocycles. The van der Waals surface area contributed by atoms with Crippen molar-refractivity contribution in [2.24, 2.45) is 11.3 Å². The summed E-state index contributed by atoms with van der Waals surface area (Å²) in [7, 11) is 0. The molecular weight excluding hydrogens is 322 g/mol. The number of nitrogens with one attached hydrogen (secondary N) is 1. The van der Waals surface area contributed by atoms with Gasteiger partial charge in [0.15, 0.2) is 0 Å². The summed E-state index contributed by atoms with van der Waals surface area (Å²) in [5, 5.41) is 22.4. The Bertz CT molecular complexity index is 621. The van der Waals surface area contributed by atoms with Crippen LogP contribution < -0.4 is 5.32 Å². The third-order valence-corrected chi connectivity index (χ3v) is 5.67. The van der Waals surface area contributed by atoms with Crippen LogP contribution in [0.3, 0.4) is 0 Å². The van der Waals surface area contributed by atoms with Crippen molar-refractivity contribution in [3.63, 3.8) is 0 Å². The summed E-state index contributed by atoms with van der Waals surface area (Å²) in [5.41, 5.74) is 1.13. The molecule has 136 valence electrons. The van der Waals surface area contributed by atoms with Gasteiger partial charge in [-0.3, -0.25) is 9.59 Å². The van der Waals surface area contributed by atoms with E-state index in [2.05, 4.69) is 5.32 Å². The first-order chi connectivity index (χ1) is 12.0. The summed E-state index contributed by atoms with van der Waals surface area (Å²) >= 11 is 0. The monoisotopic (exact) mass is 347 g/mol. The summed E-state index contributed by atoms with van der Waals surface area (Å²) in [6.45, 7) is 1.87. The fourth-order valence-electron chi connectivity index (χ4n) is 4.09. The molecule has 1 aliphatic heterocycles. The predicted molar refractivity (Wildman–Crippen MR) is 91.3 cm³/mol. The maximum absolute atomic E-state index is 12.3. The highest BCUT2D eigenvalue weighted by Crippen LogP contribution is 2.48. The Morgan fingerprint density at radius 1 is 1.16 bits per heavy atom. The molecule has 1 aromatic rings. The van der Waals surface area contributed by atoms with Crippen LogP contribution in [-0.2, 0) is 16.0 Å². The van der Waals surface area contributed by atoms with Crippen molar-refractivity contribution >= 4 is 11.9 Å². The molecule has 0 bridgehead atoms. The van der Waals surface area contributed by atoms with Crippen LogP contribution in [0.5, 0.6) is 0 Å². The van der Waals surface area contributed by atoms with E-state index >= 15 is 0 Å². The SMILES string of the molecule is O=C(O)Cc1ccc(C(=O)NC[C@@H]2CCC3(CCOCC3)[C@@H]2O)cc1. The Balaban J connectivity index is 1.53. The molecule has 3 rings (SSSR count). The average Bonchev–Trinajstić information content (AvgIpc) is 2.90. The van der Waals surface area contributed by atoms with E-state index in [1.54, 1.807) is 24.3 Å². The Hall–Kier alpha value is -1.92. The van der Waals surface area contributed by atoms with Gasteiger partial charge >= 0.3 is 5.97 Å². The van der Waals surface area contributed by atoms with Gasteiger partial charge < -0.3 is 20.3 Å². The van der Waals surface area contributed by atoms with Crippen LogP contribution in [0.4, 0.5) is 0 Å². The lowest BCUT2D eigenvalue weighted by molar-refractivity contribution is -0.136. The fraction of sp³-hybridized carbons (Fsp3) is 0.579. The summed E-state index contributed by atoms with van der Waals surface area (Å²) in [6.07, 6.45) is 3.24. The number of carboxylic acid groups (broad SMARTS) is 1. The number of benzene rings is 1. The number of hydrogen-bond donors (Lipinski definition) is 3. The number of hydrogen-bond acceptors (Lipinski definition) is 4. The van der Waals surface area contributed by atoms with E-state index in [0.717, 1.165) is 25.7 Å². The van der Waals surface area contributed by atoms with Crippen molar-refractivity contribution in [2.75, 3.05) is 19.8 Å². The molecule has 0 aromatic heterocycles. The van der Waals surface area contributed by atoms with Gasteiger partial charge in [0.05, 0.1) is 12.5 Å². The molecule has 2 atom stereocenters. The molecule has 1 aromatic carbocycles. The fourth-order valence-corrected chi connectivity index (χ4v) is 4.09. The van der Waals surface area contributed by atoms with Gasteiger partial charge in [0, 0.05) is 36.7 Å². The van der Waals surface area contributed by atoms with Crippen molar-refractivity contribution in [1.82, 2.24) is 5.32 Å². The van der Waals surface area contributed by atoms with E-state index in [1.165, 1.54) is 0 Å². The minimum atomic E-state index is -0.894. The molecule has 1 saturated heterocycles. The normalized spacial score (nSPS) is 25.0. The maximum atomic E-state index is 12.3. The second-order valence-corrected chi connectivity index (χ2v) is 7.20. The standard InChI is InChI=1S/C19H25NO5/c21-16(22)11-13-1-3-14(4-2-13)18(24)20-12-15-5-6-19(17(15)23)7-9-25-10-8-19/h1-4,15,17,23H,5-12H2,(H,20,24)(H,21,22)/t15-,17+/m0/s1. The molecule has 1 spiro atoms. The second kappa shape index (κ2) is 7.54. The minimum Gasteiger partial charge on any atom is -0.481 e. The molecule has 0 unspecified atom stereocenters. The van der Waals surface area contributed by atoms with Crippen molar-refractivity contribution in [3.8, 4) is 0 Å². The number of aliphatic hydroxyl groups excluding tert-OH is 1. The Kier molecular flexibility index (Phi) is 5.39. The topological polar surface area (TPSA) is 95.9 Å². The lowest BCUT2D eigenvalue weighted by atomic mass is 9.76. The molecule has 6 nitrogen and oxygen atoms in total. The van der Waals surface area contributed by atoms with E-state index < -0.39 is 12.1 Å². The number of rotatable bonds is 5. The van der Waals surface area contributed by atoms with Gasteiger partial charge in [-0.25, -0.2) is 0 Å². The Morgan fingerprint density at radius 2 is 1.84 bits per heavy atom. The molecule has 6 heteroatoms. The van der Waals surface area contributed by atoms with Crippen molar-refractivity contribution in [3.05, 3.63) is 35.4 Å². The first kappa shape index (κ1) is 17.9. The van der Waals surface area contributed by atoms with Crippen LogP contribution in [0.25, 0.3) is 0 Å². The van der Waals surface area contributed by atoms with Crippen LogP contribution in [-0.4, -0.2) is 48.0 Å². The van der Waals surface area contributed by atoms with Gasteiger partial charge in [-0.05, 0) is 43.4 Å². The number of carboxylic acids is 1. The van der Waals surface area contributed by atoms with Crippen molar-refractivity contribution in [1.29, 1.82) is 0 Å². The van der Waals surface area contributed by atoms with E-state index in [4.69, 9.17) is 9.84 Å². The number of aliphatic carboxylic acids is 1. The van der Waals surface area contributed by atoms with E-state index in [-0.39, 0.29) is 23.7 Å². The Morgan fingerprint density at radius 3 is 2.48 bits per heavy atom. The summed E-state index contributed by atoms with van der Waals surface area (Å²) in [5.74, 6) is -1.01.